The van der Waals surface area contributed by atoms with E-state index in [0.29, 0.717) is 22.3 Å². The zero-order chi connectivity index (χ0) is 22.2. The van der Waals surface area contributed by atoms with Crippen LogP contribution in [-0.2, 0) is 0 Å². The molecule has 4 aromatic carbocycles. The van der Waals surface area contributed by atoms with Crippen LogP contribution in [0, 0.1) is 0 Å². The van der Waals surface area contributed by atoms with E-state index < -0.39 is 0 Å². The number of benzene rings is 4. The van der Waals surface area contributed by atoms with E-state index in [1.807, 2.05) is 21.6 Å². The van der Waals surface area contributed by atoms with Gasteiger partial charge in [-0.2, -0.15) is 0 Å². The molecule has 4 aromatic rings. The molecule has 0 spiro atoms. The first kappa shape index (κ1) is 22.8. The lowest BCUT2D eigenvalue weighted by atomic mass is 9.93. The smallest absolute Gasteiger partial charge is 0.0467 e. The molecule has 2 heteroatoms. The third-order valence-electron chi connectivity index (χ3n) is 6.08. The highest BCUT2D eigenvalue weighted by Gasteiger charge is 2.27. The minimum absolute atomic E-state index is 0.373. The summed E-state index contributed by atoms with van der Waals surface area (Å²) in [6.07, 6.45) is 0. The molecule has 0 aliphatic heterocycles. The van der Waals surface area contributed by atoms with E-state index >= 15 is 0 Å². The zero-order valence-corrected chi connectivity index (χ0v) is 20.3. The summed E-state index contributed by atoms with van der Waals surface area (Å²) in [6, 6.07) is 43.8. The molecule has 0 saturated heterocycles. The zero-order valence-electron chi connectivity index (χ0n) is 18.7. The van der Waals surface area contributed by atoms with Crippen molar-refractivity contribution in [1.82, 2.24) is 0 Å². The Labute approximate surface area is 200 Å². The van der Waals surface area contributed by atoms with Crippen molar-refractivity contribution in [2.24, 2.45) is 0 Å². The lowest BCUT2D eigenvalue weighted by Gasteiger charge is -2.29. The van der Waals surface area contributed by atoms with Crippen LogP contribution in [0.1, 0.15) is 58.4 Å². The third kappa shape index (κ3) is 5.68. The Morgan fingerprint density at radius 3 is 0.906 bits per heavy atom. The second-order valence-electron chi connectivity index (χ2n) is 8.25. The quantitative estimate of drug-likeness (QED) is 0.231. The van der Waals surface area contributed by atoms with E-state index in [0.717, 1.165) is 0 Å². The Bertz CT molecular complexity index is 960. The first-order valence-electron chi connectivity index (χ1n) is 11.3. The fourth-order valence-electron chi connectivity index (χ4n) is 4.12. The van der Waals surface area contributed by atoms with Crippen LogP contribution in [0.15, 0.2) is 121 Å². The van der Waals surface area contributed by atoms with Gasteiger partial charge in [0.25, 0.3) is 0 Å². The Kier molecular flexibility index (Phi) is 8.14. The van der Waals surface area contributed by atoms with Gasteiger partial charge < -0.3 is 0 Å². The van der Waals surface area contributed by atoms with Gasteiger partial charge in [-0.25, -0.2) is 0 Å². The van der Waals surface area contributed by atoms with Gasteiger partial charge >= 0.3 is 0 Å². The van der Waals surface area contributed by atoms with Crippen LogP contribution in [-0.4, -0.2) is 0 Å². The standard InChI is InChI=1S/C30H30S2/c1-23(25-15-7-3-8-16-25)29(27-19-11-5-12-20-27)31-32-30(28-21-13-6-14-22-28)24(2)26-17-9-4-10-18-26/h3-24,29-30H,1-2H3. The van der Waals surface area contributed by atoms with E-state index in [9.17, 15) is 0 Å². The van der Waals surface area contributed by atoms with Crippen LogP contribution in [0.5, 0.6) is 0 Å². The monoisotopic (exact) mass is 454 g/mol. The molecule has 162 valence electrons. The maximum atomic E-state index is 2.36. The predicted octanol–water partition coefficient (Wildman–Crippen LogP) is 9.46. The maximum Gasteiger partial charge on any atom is 0.0467 e. The highest BCUT2D eigenvalue weighted by molar-refractivity contribution is 8.76. The topological polar surface area (TPSA) is 0 Å². The number of hydrogen-bond acceptors (Lipinski definition) is 2. The number of hydrogen-bond donors (Lipinski definition) is 0. The molecule has 0 bridgehead atoms. The molecule has 0 nitrogen and oxygen atoms in total. The summed E-state index contributed by atoms with van der Waals surface area (Å²) in [5.74, 6) is 0.833. The Morgan fingerprint density at radius 1 is 0.375 bits per heavy atom. The molecule has 0 heterocycles. The summed E-state index contributed by atoms with van der Waals surface area (Å²) in [5, 5.41) is 0.746. The van der Waals surface area contributed by atoms with E-state index in [4.69, 9.17) is 0 Å². The molecule has 0 N–H and O–H groups in total. The Morgan fingerprint density at radius 2 is 0.625 bits per heavy atom. The van der Waals surface area contributed by atoms with Gasteiger partial charge in [0.1, 0.15) is 0 Å². The molecule has 0 fully saturated rings. The first-order valence-corrected chi connectivity index (χ1v) is 13.5. The second-order valence-corrected chi connectivity index (χ2v) is 10.8. The molecule has 4 rings (SSSR count). The molecule has 4 unspecified atom stereocenters. The van der Waals surface area contributed by atoms with E-state index in [2.05, 4.69) is 135 Å². The molecule has 0 aromatic heterocycles. The largest absolute Gasteiger partial charge is 0.0846 e. The minimum atomic E-state index is 0.373. The van der Waals surface area contributed by atoms with Crippen molar-refractivity contribution in [3.05, 3.63) is 144 Å². The van der Waals surface area contributed by atoms with Gasteiger partial charge in [-0.05, 0) is 34.1 Å². The summed E-state index contributed by atoms with van der Waals surface area (Å²) >= 11 is 0. The Hall–Kier alpha value is -2.42. The van der Waals surface area contributed by atoms with Crippen LogP contribution in [0.3, 0.4) is 0 Å². The molecular formula is C30H30S2. The molecular weight excluding hydrogens is 424 g/mol. The van der Waals surface area contributed by atoms with Crippen molar-refractivity contribution in [2.75, 3.05) is 0 Å². The van der Waals surface area contributed by atoms with Crippen LogP contribution in [0.2, 0.25) is 0 Å². The van der Waals surface area contributed by atoms with Gasteiger partial charge in [-0.1, -0.05) is 157 Å². The van der Waals surface area contributed by atoms with Gasteiger partial charge in [0.05, 0.1) is 0 Å². The molecule has 0 aliphatic rings. The summed E-state index contributed by atoms with van der Waals surface area (Å²) in [7, 11) is 4.04. The highest BCUT2D eigenvalue weighted by Crippen LogP contribution is 2.55. The van der Waals surface area contributed by atoms with Crippen LogP contribution in [0.4, 0.5) is 0 Å². The maximum absolute atomic E-state index is 2.36. The van der Waals surface area contributed by atoms with Crippen LogP contribution in [0.25, 0.3) is 0 Å². The van der Waals surface area contributed by atoms with Crippen LogP contribution >= 0.6 is 21.6 Å². The Balaban J connectivity index is 1.62. The van der Waals surface area contributed by atoms with Gasteiger partial charge in [0.15, 0.2) is 0 Å². The molecule has 0 radical (unpaired) electrons. The minimum Gasteiger partial charge on any atom is -0.0846 e. The molecule has 0 aliphatic carbocycles. The fourth-order valence-corrected chi connectivity index (χ4v) is 7.93. The summed E-state index contributed by atoms with van der Waals surface area (Å²) in [4.78, 5) is 0. The predicted molar refractivity (Wildman–Crippen MR) is 143 cm³/mol. The van der Waals surface area contributed by atoms with Crippen molar-refractivity contribution in [1.29, 1.82) is 0 Å². The van der Waals surface area contributed by atoms with E-state index in [-0.39, 0.29) is 0 Å². The van der Waals surface area contributed by atoms with Crippen LogP contribution < -0.4 is 0 Å². The average molecular weight is 455 g/mol. The highest BCUT2D eigenvalue weighted by atomic mass is 33.1. The average Bonchev–Trinajstić information content (AvgIpc) is 2.88. The van der Waals surface area contributed by atoms with Gasteiger partial charge in [0, 0.05) is 10.5 Å². The summed E-state index contributed by atoms with van der Waals surface area (Å²) in [6.45, 7) is 4.72. The van der Waals surface area contributed by atoms with Crippen molar-refractivity contribution < 1.29 is 0 Å². The van der Waals surface area contributed by atoms with E-state index in [1.165, 1.54) is 22.3 Å². The second kappa shape index (κ2) is 11.4. The van der Waals surface area contributed by atoms with Crippen molar-refractivity contribution in [2.45, 2.75) is 36.2 Å². The van der Waals surface area contributed by atoms with Gasteiger partial charge in [-0.15, -0.1) is 0 Å². The third-order valence-corrected chi connectivity index (χ3v) is 9.54. The summed E-state index contributed by atoms with van der Waals surface area (Å²) < 4.78 is 0. The number of rotatable bonds is 9. The lowest BCUT2D eigenvalue weighted by Crippen LogP contribution is -2.07. The summed E-state index contributed by atoms with van der Waals surface area (Å²) in [5.41, 5.74) is 5.56. The van der Waals surface area contributed by atoms with Crippen molar-refractivity contribution >= 4 is 21.6 Å². The SMILES string of the molecule is CC(c1ccccc1)C(SSC(c1ccccc1)C(C)c1ccccc1)c1ccccc1. The molecule has 0 saturated carbocycles. The molecule has 4 atom stereocenters. The molecule has 0 amide bonds. The first-order chi connectivity index (χ1) is 15.7. The fraction of sp³-hybridized carbons (Fsp3) is 0.200. The van der Waals surface area contributed by atoms with Crippen molar-refractivity contribution in [3.63, 3.8) is 0 Å². The van der Waals surface area contributed by atoms with Crippen molar-refractivity contribution in [3.8, 4) is 0 Å². The van der Waals surface area contributed by atoms with Gasteiger partial charge in [0.2, 0.25) is 0 Å². The molecule has 32 heavy (non-hydrogen) atoms. The lowest BCUT2D eigenvalue weighted by molar-refractivity contribution is 0.739. The van der Waals surface area contributed by atoms with Gasteiger partial charge in [-0.3, -0.25) is 0 Å². The van der Waals surface area contributed by atoms with E-state index in [1.54, 1.807) is 0 Å². The normalized spacial score (nSPS) is 14.9.